The summed E-state index contributed by atoms with van der Waals surface area (Å²) in [5, 5.41) is 0. The number of anilines is 1. The van der Waals surface area contributed by atoms with Crippen molar-refractivity contribution in [3.63, 3.8) is 0 Å². The highest BCUT2D eigenvalue weighted by atomic mass is 16.6. The second kappa shape index (κ2) is 13.5. The Kier molecular flexibility index (Phi) is 10.9. The molecule has 0 spiro atoms. The van der Waals surface area contributed by atoms with Crippen LogP contribution < -0.4 is 9.64 Å². The van der Waals surface area contributed by atoms with E-state index in [0.717, 1.165) is 50.3 Å². The summed E-state index contributed by atoms with van der Waals surface area (Å²) >= 11 is 0. The van der Waals surface area contributed by atoms with Gasteiger partial charge in [0.05, 0.1) is 12.3 Å². The molecule has 0 bridgehead atoms. The Balaban J connectivity index is 1.96. The number of hydrogen-bond acceptors (Lipinski definition) is 4. The molecule has 1 unspecified atom stereocenters. The first-order chi connectivity index (χ1) is 14.1. The zero-order valence-electron chi connectivity index (χ0n) is 18.7. The number of carbonyl (C=O) groups is 1. The van der Waals surface area contributed by atoms with Crippen LogP contribution in [0.3, 0.4) is 0 Å². The Labute approximate surface area is 177 Å². The average molecular weight is 405 g/mol. The SMILES string of the molecule is CCCCCOc1cccc(N(CCCC)C(=O)OC(C)CN2CCCCC2)c1. The van der Waals surface area contributed by atoms with Gasteiger partial charge in [-0.1, -0.05) is 45.6 Å². The molecule has 164 valence electrons. The Bertz CT molecular complexity index is 587. The van der Waals surface area contributed by atoms with E-state index in [0.29, 0.717) is 13.2 Å². The van der Waals surface area contributed by atoms with Crippen molar-refractivity contribution in [1.82, 2.24) is 4.90 Å². The molecule has 2 rings (SSSR count). The van der Waals surface area contributed by atoms with Crippen LogP contribution in [0.25, 0.3) is 0 Å². The van der Waals surface area contributed by atoms with Gasteiger partial charge in [0.15, 0.2) is 0 Å². The van der Waals surface area contributed by atoms with Gasteiger partial charge in [0.1, 0.15) is 11.9 Å². The van der Waals surface area contributed by atoms with E-state index in [1.54, 1.807) is 4.90 Å². The smallest absolute Gasteiger partial charge is 0.414 e. The van der Waals surface area contributed by atoms with Crippen molar-refractivity contribution >= 4 is 11.8 Å². The molecular formula is C24H40N2O3. The normalized spacial score (nSPS) is 15.7. The van der Waals surface area contributed by atoms with Crippen molar-refractivity contribution in [3.8, 4) is 5.75 Å². The lowest BCUT2D eigenvalue weighted by Gasteiger charge is -2.30. The molecule has 1 saturated heterocycles. The monoisotopic (exact) mass is 404 g/mol. The summed E-state index contributed by atoms with van der Waals surface area (Å²) in [6, 6.07) is 7.83. The van der Waals surface area contributed by atoms with Crippen LogP contribution in [0, 0.1) is 0 Å². The topological polar surface area (TPSA) is 42.0 Å². The number of carbonyl (C=O) groups excluding carboxylic acids is 1. The van der Waals surface area contributed by atoms with Crippen molar-refractivity contribution < 1.29 is 14.3 Å². The second-order valence-electron chi connectivity index (χ2n) is 8.11. The van der Waals surface area contributed by atoms with Gasteiger partial charge in [0.25, 0.3) is 0 Å². The van der Waals surface area contributed by atoms with Crippen LogP contribution in [-0.2, 0) is 4.74 Å². The van der Waals surface area contributed by atoms with Gasteiger partial charge >= 0.3 is 6.09 Å². The summed E-state index contributed by atoms with van der Waals surface area (Å²) in [5.41, 5.74) is 0.849. The van der Waals surface area contributed by atoms with E-state index < -0.39 is 0 Å². The molecule has 1 amide bonds. The number of ether oxygens (including phenoxy) is 2. The van der Waals surface area contributed by atoms with Crippen LogP contribution in [0.1, 0.15) is 72.1 Å². The van der Waals surface area contributed by atoms with Crippen LogP contribution >= 0.6 is 0 Å². The molecule has 1 aliphatic heterocycles. The van der Waals surface area contributed by atoms with Crippen molar-refractivity contribution in [2.45, 2.75) is 78.2 Å². The highest BCUT2D eigenvalue weighted by Crippen LogP contribution is 2.23. The number of rotatable bonds is 12. The summed E-state index contributed by atoms with van der Waals surface area (Å²) in [7, 11) is 0. The average Bonchev–Trinajstić information content (AvgIpc) is 2.72. The first-order valence-corrected chi connectivity index (χ1v) is 11.6. The van der Waals surface area contributed by atoms with Gasteiger partial charge in [-0.15, -0.1) is 0 Å². The molecule has 29 heavy (non-hydrogen) atoms. The van der Waals surface area contributed by atoms with Crippen molar-refractivity contribution in [3.05, 3.63) is 24.3 Å². The quantitative estimate of drug-likeness (QED) is 0.408. The first-order valence-electron chi connectivity index (χ1n) is 11.6. The van der Waals surface area contributed by atoms with E-state index in [2.05, 4.69) is 18.7 Å². The molecular weight excluding hydrogens is 364 g/mol. The van der Waals surface area contributed by atoms with E-state index in [1.807, 2.05) is 31.2 Å². The van der Waals surface area contributed by atoms with Crippen LogP contribution in [-0.4, -0.2) is 49.9 Å². The van der Waals surface area contributed by atoms with Gasteiger partial charge < -0.3 is 9.47 Å². The largest absolute Gasteiger partial charge is 0.494 e. The summed E-state index contributed by atoms with van der Waals surface area (Å²) in [6.07, 6.45) is 8.80. The molecule has 5 nitrogen and oxygen atoms in total. The minimum Gasteiger partial charge on any atom is -0.494 e. The Morgan fingerprint density at radius 1 is 1.10 bits per heavy atom. The van der Waals surface area contributed by atoms with Crippen LogP contribution in [0.2, 0.25) is 0 Å². The summed E-state index contributed by atoms with van der Waals surface area (Å²) in [4.78, 5) is 17.1. The van der Waals surface area contributed by atoms with E-state index >= 15 is 0 Å². The van der Waals surface area contributed by atoms with Gasteiger partial charge in [0, 0.05) is 19.2 Å². The summed E-state index contributed by atoms with van der Waals surface area (Å²) < 4.78 is 11.7. The third kappa shape index (κ3) is 8.65. The zero-order chi connectivity index (χ0) is 20.9. The predicted molar refractivity (Wildman–Crippen MR) is 120 cm³/mol. The molecule has 1 aromatic carbocycles. The number of unbranched alkanes of at least 4 members (excludes halogenated alkanes) is 3. The number of piperidine rings is 1. The molecule has 0 radical (unpaired) electrons. The maximum absolute atomic E-state index is 13.0. The molecule has 1 heterocycles. The molecule has 1 atom stereocenters. The lowest BCUT2D eigenvalue weighted by atomic mass is 10.1. The van der Waals surface area contributed by atoms with Crippen LogP contribution in [0.4, 0.5) is 10.5 Å². The molecule has 0 saturated carbocycles. The number of amides is 1. The van der Waals surface area contributed by atoms with Crippen molar-refractivity contribution in [2.75, 3.05) is 37.7 Å². The summed E-state index contributed by atoms with van der Waals surface area (Å²) in [5.74, 6) is 0.814. The highest BCUT2D eigenvalue weighted by molar-refractivity contribution is 5.88. The van der Waals surface area contributed by atoms with Gasteiger partial charge in [-0.25, -0.2) is 4.79 Å². The molecule has 1 fully saturated rings. The fourth-order valence-corrected chi connectivity index (χ4v) is 3.70. The third-order valence-corrected chi connectivity index (χ3v) is 5.37. The number of hydrogen-bond donors (Lipinski definition) is 0. The van der Waals surface area contributed by atoms with E-state index in [4.69, 9.17) is 9.47 Å². The molecule has 1 aromatic rings. The van der Waals surface area contributed by atoms with Crippen molar-refractivity contribution in [1.29, 1.82) is 0 Å². The fraction of sp³-hybridized carbons (Fsp3) is 0.708. The second-order valence-corrected chi connectivity index (χ2v) is 8.11. The molecule has 0 aromatic heterocycles. The first kappa shape index (κ1) is 23.5. The third-order valence-electron chi connectivity index (χ3n) is 5.37. The lowest BCUT2D eigenvalue weighted by molar-refractivity contribution is 0.0786. The maximum Gasteiger partial charge on any atom is 0.414 e. The van der Waals surface area contributed by atoms with Gasteiger partial charge in [-0.3, -0.25) is 9.80 Å². The predicted octanol–water partition coefficient (Wildman–Crippen LogP) is 5.87. The fourth-order valence-electron chi connectivity index (χ4n) is 3.70. The zero-order valence-corrected chi connectivity index (χ0v) is 18.7. The van der Waals surface area contributed by atoms with E-state index in [9.17, 15) is 4.79 Å². The number of likely N-dealkylation sites (tertiary alicyclic amines) is 1. The van der Waals surface area contributed by atoms with Gasteiger partial charge in [0.2, 0.25) is 0 Å². The maximum atomic E-state index is 13.0. The minimum absolute atomic E-state index is 0.113. The minimum atomic E-state index is -0.258. The number of nitrogens with zero attached hydrogens (tertiary/aromatic N) is 2. The molecule has 1 aliphatic rings. The molecule has 5 heteroatoms. The van der Waals surface area contributed by atoms with E-state index in [1.165, 1.54) is 32.1 Å². The van der Waals surface area contributed by atoms with Gasteiger partial charge in [-0.05, 0) is 57.8 Å². The van der Waals surface area contributed by atoms with E-state index in [-0.39, 0.29) is 12.2 Å². The summed E-state index contributed by atoms with van der Waals surface area (Å²) in [6.45, 7) is 10.7. The van der Waals surface area contributed by atoms with Crippen molar-refractivity contribution in [2.24, 2.45) is 0 Å². The lowest BCUT2D eigenvalue weighted by Crippen LogP contribution is -2.40. The van der Waals surface area contributed by atoms with Crippen LogP contribution in [0.5, 0.6) is 5.75 Å². The highest BCUT2D eigenvalue weighted by Gasteiger charge is 2.22. The van der Waals surface area contributed by atoms with Crippen LogP contribution in [0.15, 0.2) is 24.3 Å². The Morgan fingerprint density at radius 3 is 2.59 bits per heavy atom. The Hall–Kier alpha value is -1.75. The standard InChI is InChI=1S/C24H40N2O3/c1-4-6-11-18-28-23-14-12-13-22(19-23)26(17-7-5-2)24(27)29-21(3)20-25-15-9-8-10-16-25/h12-14,19,21H,4-11,15-18,20H2,1-3H3. The number of benzene rings is 1. The Morgan fingerprint density at radius 2 is 1.86 bits per heavy atom. The molecule has 0 aliphatic carbocycles. The van der Waals surface area contributed by atoms with Gasteiger partial charge in [-0.2, -0.15) is 0 Å². The molecule has 0 N–H and O–H groups in total.